The first-order chi connectivity index (χ1) is 14.7. The molecule has 0 aliphatic heterocycles. The third-order valence-electron chi connectivity index (χ3n) is 4.60. The molecule has 2 amide bonds. The first-order valence-corrected chi connectivity index (χ1v) is 11.6. The van der Waals surface area contributed by atoms with Gasteiger partial charge in [0.15, 0.2) is 0 Å². The predicted molar refractivity (Wildman–Crippen MR) is 123 cm³/mol. The SMILES string of the molecule is CCN(Cc1ccc(C(=O)N(C)C)cc1)C(=O)CCNS(=O)(=O)/C=C/c1ccccc1. The minimum atomic E-state index is -3.62. The van der Waals surface area contributed by atoms with Crippen LogP contribution in [0.2, 0.25) is 0 Å². The average Bonchev–Trinajstić information content (AvgIpc) is 2.76. The van der Waals surface area contributed by atoms with E-state index in [-0.39, 0.29) is 24.8 Å². The van der Waals surface area contributed by atoms with E-state index in [0.29, 0.717) is 18.7 Å². The van der Waals surface area contributed by atoms with Crippen LogP contribution in [0.1, 0.15) is 34.8 Å². The first kappa shape index (κ1) is 24.3. The Hall–Kier alpha value is -2.97. The highest BCUT2D eigenvalue weighted by atomic mass is 32.2. The van der Waals surface area contributed by atoms with Crippen molar-refractivity contribution in [3.05, 3.63) is 76.7 Å². The summed E-state index contributed by atoms with van der Waals surface area (Å²) >= 11 is 0. The number of amides is 2. The second kappa shape index (κ2) is 11.4. The van der Waals surface area contributed by atoms with Gasteiger partial charge < -0.3 is 9.80 Å². The molecule has 0 fully saturated rings. The Morgan fingerprint density at radius 2 is 1.65 bits per heavy atom. The molecule has 0 aliphatic rings. The number of rotatable bonds is 10. The molecule has 2 aromatic carbocycles. The van der Waals surface area contributed by atoms with Gasteiger partial charge in [0.2, 0.25) is 15.9 Å². The van der Waals surface area contributed by atoms with Crippen LogP contribution >= 0.6 is 0 Å². The summed E-state index contributed by atoms with van der Waals surface area (Å²) in [6.07, 6.45) is 1.57. The number of hydrogen-bond donors (Lipinski definition) is 1. The van der Waals surface area contributed by atoms with Crippen LogP contribution in [0.5, 0.6) is 0 Å². The van der Waals surface area contributed by atoms with Gasteiger partial charge in [-0.3, -0.25) is 9.59 Å². The maximum Gasteiger partial charge on any atom is 0.253 e. The molecule has 31 heavy (non-hydrogen) atoms. The quantitative estimate of drug-likeness (QED) is 0.612. The molecule has 0 saturated carbocycles. The summed E-state index contributed by atoms with van der Waals surface area (Å²) in [5.74, 6) is -0.228. The summed E-state index contributed by atoms with van der Waals surface area (Å²) in [5.41, 5.74) is 2.26. The van der Waals surface area contributed by atoms with Gasteiger partial charge in [-0.05, 0) is 36.3 Å². The number of nitrogens with zero attached hydrogens (tertiary/aromatic N) is 2. The summed E-state index contributed by atoms with van der Waals surface area (Å²) in [4.78, 5) is 27.6. The molecule has 0 aliphatic carbocycles. The van der Waals surface area contributed by atoms with Crippen LogP contribution in [0.25, 0.3) is 6.08 Å². The number of sulfonamides is 1. The lowest BCUT2D eigenvalue weighted by Gasteiger charge is -2.21. The van der Waals surface area contributed by atoms with Gasteiger partial charge in [-0.2, -0.15) is 0 Å². The molecule has 0 saturated heterocycles. The minimum absolute atomic E-state index is 0.0209. The third kappa shape index (κ3) is 7.99. The first-order valence-electron chi connectivity index (χ1n) is 10.0. The number of benzene rings is 2. The van der Waals surface area contributed by atoms with Crippen LogP contribution in [0.15, 0.2) is 60.0 Å². The van der Waals surface area contributed by atoms with E-state index in [0.717, 1.165) is 16.5 Å². The van der Waals surface area contributed by atoms with E-state index in [4.69, 9.17) is 0 Å². The Bertz CT molecular complexity index is 1000. The molecule has 1 N–H and O–H groups in total. The fourth-order valence-corrected chi connectivity index (χ4v) is 3.67. The van der Waals surface area contributed by atoms with E-state index in [1.807, 2.05) is 37.3 Å². The Balaban J connectivity index is 1.87. The second-order valence-electron chi connectivity index (χ2n) is 7.21. The maximum absolute atomic E-state index is 12.5. The van der Waals surface area contributed by atoms with Gasteiger partial charge in [0.25, 0.3) is 5.91 Å². The maximum atomic E-state index is 12.5. The van der Waals surface area contributed by atoms with Crippen LogP contribution in [-0.4, -0.2) is 57.2 Å². The lowest BCUT2D eigenvalue weighted by Crippen LogP contribution is -2.33. The number of carbonyl (C=O) groups is 2. The zero-order valence-corrected chi connectivity index (χ0v) is 18.9. The van der Waals surface area contributed by atoms with E-state index in [1.165, 1.54) is 11.0 Å². The number of hydrogen-bond acceptors (Lipinski definition) is 4. The predicted octanol–water partition coefficient (Wildman–Crippen LogP) is 2.72. The molecule has 0 unspecified atom stereocenters. The van der Waals surface area contributed by atoms with Crippen molar-refractivity contribution < 1.29 is 18.0 Å². The summed E-state index contributed by atoms with van der Waals surface area (Å²) in [7, 11) is -0.236. The van der Waals surface area contributed by atoms with Crippen molar-refractivity contribution in [2.45, 2.75) is 19.9 Å². The average molecular weight is 444 g/mol. The van der Waals surface area contributed by atoms with Crippen LogP contribution in [0.4, 0.5) is 0 Å². The highest BCUT2D eigenvalue weighted by Gasteiger charge is 2.14. The zero-order chi connectivity index (χ0) is 22.9. The van der Waals surface area contributed by atoms with Crippen LogP contribution in [0, 0.1) is 0 Å². The highest BCUT2D eigenvalue weighted by molar-refractivity contribution is 7.92. The van der Waals surface area contributed by atoms with E-state index < -0.39 is 10.0 Å². The third-order valence-corrected chi connectivity index (χ3v) is 5.70. The lowest BCUT2D eigenvalue weighted by atomic mass is 10.1. The van der Waals surface area contributed by atoms with E-state index in [1.54, 1.807) is 43.3 Å². The molecule has 0 spiro atoms. The Labute approximate surface area is 184 Å². The van der Waals surface area contributed by atoms with E-state index >= 15 is 0 Å². The lowest BCUT2D eigenvalue weighted by molar-refractivity contribution is -0.131. The smallest absolute Gasteiger partial charge is 0.253 e. The molecule has 0 heterocycles. The summed E-state index contributed by atoms with van der Waals surface area (Å²) in [6, 6.07) is 16.2. The van der Waals surface area contributed by atoms with Crippen molar-refractivity contribution in [3.8, 4) is 0 Å². The second-order valence-corrected chi connectivity index (χ2v) is 8.86. The van der Waals surface area contributed by atoms with Crippen molar-refractivity contribution in [2.75, 3.05) is 27.2 Å². The number of nitrogens with one attached hydrogen (secondary N) is 1. The van der Waals surface area contributed by atoms with Crippen LogP contribution in [0.3, 0.4) is 0 Å². The molecule has 2 aromatic rings. The van der Waals surface area contributed by atoms with Crippen LogP contribution in [-0.2, 0) is 21.4 Å². The molecule has 8 heteroatoms. The van der Waals surface area contributed by atoms with Crippen molar-refractivity contribution in [1.82, 2.24) is 14.5 Å². The molecule has 0 radical (unpaired) electrons. The van der Waals surface area contributed by atoms with Gasteiger partial charge >= 0.3 is 0 Å². The normalized spacial score (nSPS) is 11.5. The molecule has 2 rings (SSSR count). The van der Waals surface area contributed by atoms with E-state index in [2.05, 4.69) is 4.72 Å². The van der Waals surface area contributed by atoms with Gasteiger partial charge in [0.05, 0.1) is 0 Å². The molecule has 7 nitrogen and oxygen atoms in total. The van der Waals surface area contributed by atoms with Crippen LogP contribution < -0.4 is 4.72 Å². The largest absolute Gasteiger partial charge is 0.345 e. The summed E-state index contributed by atoms with van der Waals surface area (Å²) in [6.45, 7) is 2.78. The van der Waals surface area contributed by atoms with Gasteiger partial charge in [0.1, 0.15) is 0 Å². The monoisotopic (exact) mass is 443 g/mol. The zero-order valence-electron chi connectivity index (χ0n) is 18.1. The van der Waals surface area contributed by atoms with Gasteiger partial charge in [-0.15, -0.1) is 0 Å². The molecule has 0 bridgehead atoms. The van der Waals surface area contributed by atoms with Gasteiger partial charge in [-0.25, -0.2) is 13.1 Å². The summed E-state index contributed by atoms with van der Waals surface area (Å²) in [5, 5.41) is 1.10. The fraction of sp³-hybridized carbons (Fsp3) is 0.304. The topological polar surface area (TPSA) is 86.8 Å². The molecular weight excluding hydrogens is 414 g/mol. The molecule has 166 valence electrons. The van der Waals surface area contributed by atoms with Gasteiger partial charge in [0, 0.05) is 51.1 Å². The van der Waals surface area contributed by atoms with Gasteiger partial charge in [-0.1, -0.05) is 42.5 Å². The number of carbonyl (C=O) groups excluding carboxylic acids is 2. The Kier molecular flexibility index (Phi) is 8.96. The molecular formula is C23H29N3O4S. The van der Waals surface area contributed by atoms with Crippen molar-refractivity contribution in [2.24, 2.45) is 0 Å². The standard InChI is InChI=1S/C23H29N3O4S/c1-4-26(18-20-10-12-21(13-11-20)23(28)25(2)3)22(27)14-16-24-31(29,30)17-15-19-8-6-5-7-9-19/h5-13,15,17,24H,4,14,16,18H2,1-3H3/b17-15+. The molecule has 0 atom stereocenters. The van der Waals surface area contributed by atoms with Crippen molar-refractivity contribution in [3.63, 3.8) is 0 Å². The van der Waals surface area contributed by atoms with E-state index in [9.17, 15) is 18.0 Å². The Morgan fingerprint density at radius 1 is 1.00 bits per heavy atom. The Morgan fingerprint density at radius 3 is 2.23 bits per heavy atom. The minimum Gasteiger partial charge on any atom is -0.345 e. The highest BCUT2D eigenvalue weighted by Crippen LogP contribution is 2.10. The molecule has 0 aromatic heterocycles. The van der Waals surface area contributed by atoms with Crippen molar-refractivity contribution >= 4 is 27.9 Å². The fourth-order valence-electron chi connectivity index (χ4n) is 2.85. The van der Waals surface area contributed by atoms with Crippen molar-refractivity contribution in [1.29, 1.82) is 0 Å². The summed E-state index contributed by atoms with van der Waals surface area (Å²) < 4.78 is 26.6.